The van der Waals surface area contributed by atoms with Gasteiger partial charge >= 0.3 is 0 Å². The molecule has 7 nitrogen and oxygen atoms in total. The Morgan fingerprint density at radius 3 is 0.990 bits per heavy atom. The molecule has 6 heterocycles. The van der Waals surface area contributed by atoms with Crippen LogP contribution in [0.3, 0.4) is 0 Å². The average molecular weight is 1350 g/mol. The molecule has 18 rings (SSSR count). The summed E-state index contributed by atoms with van der Waals surface area (Å²) in [7, 11) is 0. The number of hydrogen-bond donors (Lipinski definition) is 0. The molecule has 7 heteroatoms. The first-order valence-electron chi connectivity index (χ1n) is 35.7. The molecule has 0 amide bonds. The maximum Gasteiger partial charge on any atom is 0.160 e. The number of pyridine rings is 5. The summed E-state index contributed by atoms with van der Waals surface area (Å²) in [5.74, 6) is 0.709. The Labute approximate surface area is 611 Å². The van der Waals surface area contributed by atoms with Crippen LogP contribution in [0.25, 0.3) is 178 Å². The molecular weight excluding hydrogens is 1280 g/mol. The third kappa shape index (κ3) is 13.6. The summed E-state index contributed by atoms with van der Waals surface area (Å²) in [5, 5.41) is 4.37. The number of rotatable bonds is 12. The Bertz CT molecular complexity index is 6090. The van der Waals surface area contributed by atoms with Crippen molar-refractivity contribution in [2.45, 2.75) is 33.1 Å². The minimum atomic E-state index is -0.122. The van der Waals surface area contributed by atoms with E-state index in [1.165, 1.54) is 27.8 Å². The van der Waals surface area contributed by atoms with Crippen LogP contribution in [-0.2, 0) is 5.41 Å². The van der Waals surface area contributed by atoms with Crippen LogP contribution >= 0.6 is 0 Å². The Kier molecular flexibility index (Phi) is 17.4. The number of aromatic nitrogens is 7. The van der Waals surface area contributed by atoms with Gasteiger partial charge in [0.2, 0.25) is 0 Å². The fourth-order valence-corrected chi connectivity index (χ4v) is 14.0. The summed E-state index contributed by atoms with van der Waals surface area (Å²) in [5.41, 5.74) is 30.1. The standard InChI is InChI=1S/C50H38N4.C48H33N3/c1-50(2,3)46-31-42(34-14-7-4-8-15-34)41-28-26-37-27-29-43(51-47(37)48(41)54-46)40-21-13-20-39(30-40)33-22-24-36(25-23-33)45-32-44(35-16-9-5-10-17-35)52-49(53-45)38-18-11-6-12-19-38;1-32-28-43(35-14-7-3-8-15-35)42-26-24-38-25-27-44(51-47(38)48(42)49-32)40-19-11-18-39(29-40)34-20-22-37(23-21-34)46-31-41(33-12-5-2-6-13-33)30-45(50-46)36-16-9-4-10-17-36/h4-32H,1-3H3;2-31H,1H3. The van der Waals surface area contributed by atoms with Crippen molar-refractivity contribution in [1.82, 2.24) is 34.9 Å². The van der Waals surface area contributed by atoms with Crippen molar-refractivity contribution in [2.75, 3.05) is 0 Å². The fourth-order valence-electron chi connectivity index (χ4n) is 14.0. The second kappa shape index (κ2) is 28.1. The Morgan fingerprint density at radius 1 is 0.200 bits per heavy atom. The number of fused-ring (bicyclic) bond motifs is 6. The van der Waals surface area contributed by atoms with E-state index < -0.39 is 0 Å². The molecule has 0 fully saturated rings. The van der Waals surface area contributed by atoms with Crippen molar-refractivity contribution in [3.8, 4) is 135 Å². The molecule has 0 radical (unpaired) electrons. The monoisotopic (exact) mass is 1350 g/mol. The molecule has 105 heavy (non-hydrogen) atoms. The molecule has 18 aromatic rings. The second-order valence-corrected chi connectivity index (χ2v) is 27.7. The Morgan fingerprint density at radius 2 is 0.543 bits per heavy atom. The van der Waals surface area contributed by atoms with Gasteiger partial charge in [-0.3, -0.25) is 4.98 Å². The normalized spacial score (nSPS) is 11.4. The van der Waals surface area contributed by atoms with Crippen molar-refractivity contribution in [3.63, 3.8) is 0 Å². The minimum Gasteiger partial charge on any atom is -0.251 e. The summed E-state index contributed by atoms with van der Waals surface area (Å²) < 4.78 is 0. The molecule has 0 saturated heterocycles. The van der Waals surface area contributed by atoms with Gasteiger partial charge in [0.05, 0.1) is 56.2 Å². The molecule has 0 atom stereocenters. The summed E-state index contributed by atoms with van der Waals surface area (Å²) in [6.07, 6.45) is 0. The first kappa shape index (κ1) is 64.9. The van der Waals surface area contributed by atoms with Crippen LogP contribution in [0.1, 0.15) is 32.2 Å². The first-order chi connectivity index (χ1) is 51.5. The van der Waals surface area contributed by atoms with Gasteiger partial charge in [0.15, 0.2) is 5.82 Å². The van der Waals surface area contributed by atoms with Gasteiger partial charge in [-0.1, -0.05) is 324 Å². The molecule has 6 aromatic heterocycles. The van der Waals surface area contributed by atoms with Crippen LogP contribution in [-0.4, -0.2) is 34.9 Å². The average Bonchev–Trinajstić information content (AvgIpc) is 0.754. The SMILES string of the molecule is CC(C)(C)c1cc(-c2ccccc2)c2ccc3ccc(-c4cccc(-c5ccc(-c6cc(-c7ccccc7)nc(-c7ccccc7)n6)cc5)c4)nc3c2n1.Cc1cc(-c2ccccc2)c2ccc3ccc(-c4cccc(-c5ccc(-c6cc(-c7ccccc7)cc(-c7ccccc7)n6)cc5)c4)nc3c2n1. The summed E-state index contributed by atoms with van der Waals surface area (Å²) in [6, 6.07) is 125. The van der Waals surface area contributed by atoms with Crippen molar-refractivity contribution in [2.24, 2.45) is 0 Å². The zero-order valence-corrected chi connectivity index (χ0v) is 58.7. The molecule has 12 aromatic carbocycles. The molecule has 498 valence electrons. The Balaban J connectivity index is 0.000000155. The smallest absolute Gasteiger partial charge is 0.160 e. The van der Waals surface area contributed by atoms with E-state index in [9.17, 15) is 0 Å². The highest BCUT2D eigenvalue weighted by atomic mass is 14.9. The van der Waals surface area contributed by atoms with E-state index in [-0.39, 0.29) is 5.41 Å². The molecule has 0 N–H and O–H groups in total. The lowest BCUT2D eigenvalue weighted by molar-refractivity contribution is 0.572. The van der Waals surface area contributed by atoms with Crippen LogP contribution in [0.2, 0.25) is 0 Å². The number of nitrogens with zero attached hydrogens (tertiary/aromatic N) is 7. The highest BCUT2D eigenvalue weighted by molar-refractivity contribution is 6.10. The Hall–Kier alpha value is -13.5. The van der Waals surface area contributed by atoms with Gasteiger partial charge in [-0.05, 0) is 117 Å². The summed E-state index contributed by atoms with van der Waals surface area (Å²) in [6.45, 7) is 8.71. The lowest BCUT2D eigenvalue weighted by Gasteiger charge is -2.21. The molecular formula is C98H71N7. The van der Waals surface area contributed by atoms with Crippen LogP contribution in [0.4, 0.5) is 0 Å². The first-order valence-corrected chi connectivity index (χ1v) is 35.7. The maximum absolute atomic E-state index is 5.31. The predicted octanol–water partition coefficient (Wildman–Crippen LogP) is 25.4. The lowest BCUT2D eigenvalue weighted by atomic mass is 9.88. The molecule has 0 aliphatic rings. The van der Waals surface area contributed by atoms with Crippen LogP contribution in [0.5, 0.6) is 0 Å². The van der Waals surface area contributed by atoms with E-state index in [1.807, 2.05) is 42.5 Å². The molecule has 0 spiro atoms. The van der Waals surface area contributed by atoms with Crippen molar-refractivity contribution in [3.05, 3.63) is 369 Å². The molecule has 0 saturated carbocycles. The van der Waals surface area contributed by atoms with Gasteiger partial charge in [-0.15, -0.1) is 0 Å². The molecule has 0 aliphatic heterocycles. The third-order valence-corrected chi connectivity index (χ3v) is 19.5. The van der Waals surface area contributed by atoms with Crippen molar-refractivity contribution < 1.29 is 0 Å². The summed E-state index contributed by atoms with van der Waals surface area (Å²) in [4.78, 5) is 35.9. The van der Waals surface area contributed by atoms with E-state index in [1.54, 1.807) is 0 Å². The van der Waals surface area contributed by atoms with Crippen LogP contribution in [0, 0.1) is 6.92 Å². The van der Waals surface area contributed by atoms with E-state index in [4.69, 9.17) is 34.9 Å². The largest absolute Gasteiger partial charge is 0.251 e. The topological polar surface area (TPSA) is 90.2 Å². The van der Waals surface area contributed by atoms with E-state index in [0.717, 1.165) is 156 Å². The maximum atomic E-state index is 5.31. The highest BCUT2D eigenvalue weighted by Crippen LogP contribution is 2.40. The molecule has 0 aliphatic carbocycles. The number of hydrogen-bond acceptors (Lipinski definition) is 7. The lowest BCUT2D eigenvalue weighted by Crippen LogP contribution is -2.14. The number of benzene rings is 12. The zero-order valence-electron chi connectivity index (χ0n) is 58.7. The second-order valence-electron chi connectivity index (χ2n) is 27.7. The zero-order chi connectivity index (χ0) is 70.8. The predicted molar refractivity (Wildman–Crippen MR) is 436 cm³/mol. The minimum absolute atomic E-state index is 0.122. The molecule has 0 bridgehead atoms. The van der Waals surface area contributed by atoms with E-state index in [0.29, 0.717) is 5.82 Å². The highest BCUT2D eigenvalue weighted by Gasteiger charge is 2.22. The van der Waals surface area contributed by atoms with Gasteiger partial charge in [0.25, 0.3) is 0 Å². The van der Waals surface area contributed by atoms with E-state index in [2.05, 4.69) is 343 Å². The third-order valence-electron chi connectivity index (χ3n) is 19.5. The summed E-state index contributed by atoms with van der Waals surface area (Å²) >= 11 is 0. The number of aryl methyl sites for hydroxylation is 1. The molecule has 0 unspecified atom stereocenters. The van der Waals surface area contributed by atoms with Gasteiger partial charge in [-0.2, -0.15) is 0 Å². The quantitative estimate of drug-likeness (QED) is 0.113. The van der Waals surface area contributed by atoms with Crippen molar-refractivity contribution in [1.29, 1.82) is 0 Å². The van der Waals surface area contributed by atoms with Gasteiger partial charge in [-0.25, -0.2) is 29.9 Å². The fraction of sp³-hybridized carbons (Fsp3) is 0.0510. The van der Waals surface area contributed by atoms with Gasteiger partial charge in [0.1, 0.15) is 0 Å². The van der Waals surface area contributed by atoms with Crippen molar-refractivity contribution >= 4 is 43.6 Å². The van der Waals surface area contributed by atoms with Gasteiger partial charge in [0, 0.05) is 77.3 Å². The van der Waals surface area contributed by atoms with Crippen LogP contribution < -0.4 is 0 Å². The van der Waals surface area contributed by atoms with E-state index >= 15 is 0 Å². The van der Waals surface area contributed by atoms with Gasteiger partial charge < -0.3 is 0 Å². The van der Waals surface area contributed by atoms with Crippen LogP contribution in [0.15, 0.2) is 358 Å².